The Bertz CT molecular complexity index is 339. The Morgan fingerprint density at radius 1 is 1.31 bits per heavy atom. The van der Waals surface area contributed by atoms with Crippen LogP contribution in [0.5, 0.6) is 0 Å². The van der Waals surface area contributed by atoms with E-state index in [1.807, 2.05) is 23.9 Å². The average molecular weight is 240 g/mol. The second kappa shape index (κ2) is 5.17. The Hall–Kier alpha value is -0.580. The van der Waals surface area contributed by atoms with Gasteiger partial charge in [-0.2, -0.15) is 11.8 Å². The Kier molecular flexibility index (Phi) is 3.84. The molecule has 1 heterocycles. The lowest BCUT2D eigenvalue weighted by atomic mass is 10.1. The van der Waals surface area contributed by atoms with Crippen LogP contribution >= 0.6 is 11.8 Å². The van der Waals surface area contributed by atoms with Gasteiger partial charge in [0.05, 0.1) is 6.04 Å². The molecule has 0 bridgehead atoms. The molecule has 0 N–H and O–H groups in total. The van der Waals surface area contributed by atoms with E-state index in [0.29, 0.717) is 6.04 Å². The van der Waals surface area contributed by atoms with Crippen molar-refractivity contribution in [3.8, 4) is 0 Å². The van der Waals surface area contributed by atoms with Crippen LogP contribution in [-0.4, -0.2) is 42.2 Å². The van der Waals surface area contributed by atoms with Crippen LogP contribution in [0, 0.1) is 5.82 Å². The van der Waals surface area contributed by atoms with Crippen molar-refractivity contribution in [1.29, 1.82) is 0 Å². The summed E-state index contributed by atoms with van der Waals surface area (Å²) in [5.74, 6) is 2.07. The quantitative estimate of drug-likeness (QED) is 0.784. The largest absolute Gasteiger partial charge is 0.247 e. The second-order valence-electron chi connectivity index (χ2n) is 4.15. The third kappa shape index (κ3) is 2.56. The van der Waals surface area contributed by atoms with Crippen molar-refractivity contribution in [2.24, 2.45) is 0 Å². The van der Waals surface area contributed by atoms with Crippen LogP contribution in [0.1, 0.15) is 11.6 Å². The number of thioether (sulfide) groups is 1. The summed E-state index contributed by atoms with van der Waals surface area (Å²) >= 11 is 1.96. The Morgan fingerprint density at radius 2 is 2.00 bits per heavy atom. The molecule has 1 atom stereocenters. The summed E-state index contributed by atoms with van der Waals surface area (Å²) in [7, 11) is 4.12. The first-order valence-electron chi connectivity index (χ1n) is 5.45. The van der Waals surface area contributed by atoms with Crippen molar-refractivity contribution in [2.45, 2.75) is 6.04 Å². The summed E-state index contributed by atoms with van der Waals surface area (Å²) in [5.41, 5.74) is 1.20. The normalized spacial score (nSPS) is 22.6. The monoisotopic (exact) mass is 240 g/mol. The van der Waals surface area contributed by atoms with Crippen molar-refractivity contribution in [3.63, 3.8) is 0 Å². The smallest absolute Gasteiger partial charge is 0.123 e. The third-order valence-corrected chi connectivity index (χ3v) is 3.89. The topological polar surface area (TPSA) is 6.48 Å². The van der Waals surface area contributed by atoms with Gasteiger partial charge in [0.1, 0.15) is 5.82 Å². The number of hydrogen-bond donors (Lipinski definition) is 0. The van der Waals surface area contributed by atoms with Gasteiger partial charge in [0.2, 0.25) is 0 Å². The van der Waals surface area contributed by atoms with Crippen LogP contribution in [0.3, 0.4) is 0 Å². The van der Waals surface area contributed by atoms with Gasteiger partial charge in [-0.3, -0.25) is 0 Å². The zero-order chi connectivity index (χ0) is 11.5. The van der Waals surface area contributed by atoms with E-state index in [2.05, 4.69) is 24.1 Å². The molecule has 1 aromatic carbocycles. The molecule has 0 amide bonds. The molecule has 0 radical (unpaired) electrons. The first kappa shape index (κ1) is 11.9. The van der Waals surface area contributed by atoms with E-state index in [1.165, 1.54) is 5.56 Å². The van der Waals surface area contributed by atoms with Crippen molar-refractivity contribution >= 4 is 11.8 Å². The van der Waals surface area contributed by atoms with Gasteiger partial charge in [-0.05, 0) is 17.7 Å². The number of rotatable bonds is 2. The molecule has 0 saturated carbocycles. The SMILES string of the molecule is CN(C)N1CCSCC1c1ccc(F)cc1. The zero-order valence-electron chi connectivity index (χ0n) is 9.69. The average Bonchev–Trinajstić information content (AvgIpc) is 2.30. The standard InChI is InChI=1S/C12H17FN2S/c1-14(2)15-7-8-16-9-12(15)10-3-5-11(13)6-4-10/h3-6,12H,7-9H2,1-2H3. The van der Waals surface area contributed by atoms with E-state index in [4.69, 9.17) is 0 Å². The molecule has 1 aliphatic rings. The number of hydrazine groups is 1. The van der Waals surface area contributed by atoms with E-state index in [9.17, 15) is 4.39 Å². The molecule has 1 aliphatic heterocycles. The van der Waals surface area contributed by atoms with Gasteiger partial charge >= 0.3 is 0 Å². The predicted octanol–water partition coefficient (Wildman–Crippen LogP) is 2.39. The van der Waals surface area contributed by atoms with Crippen LogP contribution in [0.15, 0.2) is 24.3 Å². The highest BCUT2D eigenvalue weighted by Crippen LogP contribution is 2.29. The Labute approximate surface area is 100 Å². The minimum absolute atomic E-state index is 0.163. The predicted molar refractivity (Wildman–Crippen MR) is 66.9 cm³/mol. The molecule has 0 aliphatic carbocycles. The molecule has 0 spiro atoms. The molecule has 16 heavy (non-hydrogen) atoms. The Morgan fingerprint density at radius 3 is 2.62 bits per heavy atom. The van der Waals surface area contributed by atoms with Crippen LogP contribution in [0.2, 0.25) is 0 Å². The van der Waals surface area contributed by atoms with Gasteiger partial charge in [-0.25, -0.2) is 14.4 Å². The van der Waals surface area contributed by atoms with Crippen LogP contribution < -0.4 is 0 Å². The van der Waals surface area contributed by atoms with Crippen molar-refractivity contribution < 1.29 is 4.39 Å². The maximum absolute atomic E-state index is 12.9. The highest BCUT2D eigenvalue weighted by atomic mass is 32.2. The lowest BCUT2D eigenvalue weighted by molar-refractivity contribution is -0.00804. The minimum Gasteiger partial charge on any atom is -0.247 e. The van der Waals surface area contributed by atoms with Gasteiger partial charge in [-0.1, -0.05) is 12.1 Å². The van der Waals surface area contributed by atoms with E-state index in [1.54, 1.807) is 12.1 Å². The molecular weight excluding hydrogens is 223 g/mol. The zero-order valence-corrected chi connectivity index (χ0v) is 10.5. The molecule has 1 fully saturated rings. The van der Waals surface area contributed by atoms with Crippen LogP contribution in [-0.2, 0) is 0 Å². The number of hydrogen-bond acceptors (Lipinski definition) is 3. The summed E-state index contributed by atoms with van der Waals surface area (Å²) in [6.45, 7) is 1.06. The fraction of sp³-hybridized carbons (Fsp3) is 0.500. The third-order valence-electron chi connectivity index (χ3n) is 2.87. The molecule has 88 valence electrons. The molecule has 4 heteroatoms. The first-order valence-corrected chi connectivity index (χ1v) is 6.61. The number of nitrogens with zero attached hydrogens (tertiary/aromatic N) is 2. The van der Waals surface area contributed by atoms with E-state index in [0.717, 1.165) is 18.1 Å². The van der Waals surface area contributed by atoms with Crippen molar-refractivity contribution in [2.75, 3.05) is 32.1 Å². The molecule has 2 rings (SSSR count). The number of halogens is 1. The van der Waals surface area contributed by atoms with Crippen LogP contribution in [0.25, 0.3) is 0 Å². The maximum atomic E-state index is 12.9. The van der Waals surface area contributed by atoms with Gasteiger partial charge in [0, 0.05) is 32.1 Å². The summed E-state index contributed by atoms with van der Waals surface area (Å²) in [4.78, 5) is 0. The van der Waals surface area contributed by atoms with Gasteiger partial charge < -0.3 is 0 Å². The Balaban J connectivity index is 2.19. The first-order chi connectivity index (χ1) is 7.68. The summed E-state index contributed by atoms with van der Waals surface area (Å²) in [6, 6.07) is 7.24. The maximum Gasteiger partial charge on any atom is 0.123 e. The molecule has 1 aromatic rings. The summed E-state index contributed by atoms with van der Waals surface area (Å²) < 4.78 is 12.9. The lowest BCUT2D eigenvalue weighted by Gasteiger charge is -2.39. The fourth-order valence-electron chi connectivity index (χ4n) is 2.03. The molecular formula is C12H17FN2S. The van der Waals surface area contributed by atoms with Gasteiger partial charge in [-0.15, -0.1) is 0 Å². The van der Waals surface area contributed by atoms with Gasteiger partial charge in [0.25, 0.3) is 0 Å². The molecule has 1 saturated heterocycles. The molecule has 1 unspecified atom stereocenters. The van der Waals surface area contributed by atoms with E-state index < -0.39 is 0 Å². The highest BCUT2D eigenvalue weighted by molar-refractivity contribution is 7.99. The lowest BCUT2D eigenvalue weighted by Crippen LogP contribution is -2.44. The van der Waals surface area contributed by atoms with Crippen LogP contribution in [0.4, 0.5) is 4.39 Å². The van der Waals surface area contributed by atoms with Gasteiger partial charge in [0.15, 0.2) is 0 Å². The molecule has 0 aromatic heterocycles. The number of benzene rings is 1. The van der Waals surface area contributed by atoms with E-state index in [-0.39, 0.29) is 5.82 Å². The van der Waals surface area contributed by atoms with Crippen molar-refractivity contribution in [1.82, 2.24) is 10.0 Å². The second-order valence-corrected chi connectivity index (χ2v) is 5.30. The summed E-state index contributed by atoms with van der Waals surface area (Å²) in [6.07, 6.45) is 0. The van der Waals surface area contributed by atoms with Crippen molar-refractivity contribution in [3.05, 3.63) is 35.6 Å². The minimum atomic E-state index is -0.163. The fourth-order valence-corrected chi connectivity index (χ4v) is 3.10. The highest BCUT2D eigenvalue weighted by Gasteiger charge is 2.25. The molecule has 2 nitrogen and oxygen atoms in total. The van der Waals surface area contributed by atoms with E-state index >= 15 is 0 Å². The summed E-state index contributed by atoms with van der Waals surface area (Å²) in [5, 5.41) is 4.47.